The molecule has 2 rings (SSSR count). The van der Waals surface area contributed by atoms with Crippen LogP contribution in [0.5, 0.6) is 5.75 Å². The average molecular weight is 307 g/mol. The van der Waals surface area contributed by atoms with Gasteiger partial charge in [0, 0.05) is 37.4 Å². The topological polar surface area (TPSA) is 24.5 Å². The van der Waals surface area contributed by atoms with E-state index in [1.165, 1.54) is 5.69 Å². The second-order valence-electron chi connectivity index (χ2n) is 4.91. The van der Waals surface area contributed by atoms with E-state index in [1.54, 1.807) is 0 Å². The van der Waals surface area contributed by atoms with Crippen molar-refractivity contribution in [1.82, 2.24) is 5.32 Å². The van der Waals surface area contributed by atoms with Gasteiger partial charge in [0.15, 0.2) is 0 Å². The smallest absolute Gasteiger partial charge is 0.121 e. The third kappa shape index (κ3) is 5.09. The highest BCUT2D eigenvalue weighted by Gasteiger charge is 2.18. The molecule has 5 heteroatoms. The molecule has 0 amide bonds. The van der Waals surface area contributed by atoms with Crippen LogP contribution in [0, 0.1) is 0 Å². The van der Waals surface area contributed by atoms with Crippen LogP contribution in [0.3, 0.4) is 0 Å². The van der Waals surface area contributed by atoms with Gasteiger partial charge < -0.3 is 15.0 Å². The molecule has 3 nitrogen and oxygen atoms in total. The summed E-state index contributed by atoms with van der Waals surface area (Å²) in [6.45, 7) is 9.53. The first-order valence-corrected chi connectivity index (χ1v) is 6.41. The predicted molar refractivity (Wildman–Crippen MR) is 86.4 cm³/mol. The van der Waals surface area contributed by atoms with Crippen molar-refractivity contribution in [2.45, 2.75) is 32.9 Å². The molecule has 0 aromatic heterocycles. The standard InChI is InChI=1S/C14H22N2O.2ClH/c1-11(2)17-14-6-4-5-13(9-14)16-8-7-15-10-12(16)3;;/h4-6,9,11-12,15H,7-8,10H2,1-3H3;2*1H. The molecule has 1 fully saturated rings. The molecule has 1 aliphatic rings. The van der Waals surface area contributed by atoms with Crippen molar-refractivity contribution in [1.29, 1.82) is 0 Å². The van der Waals surface area contributed by atoms with Gasteiger partial charge in [0.2, 0.25) is 0 Å². The van der Waals surface area contributed by atoms with Gasteiger partial charge in [-0.3, -0.25) is 0 Å². The van der Waals surface area contributed by atoms with Crippen molar-refractivity contribution in [2.24, 2.45) is 0 Å². The zero-order valence-electron chi connectivity index (χ0n) is 11.8. The summed E-state index contributed by atoms with van der Waals surface area (Å²) in [6, 6.07) is 8.94. The van der Waals surface area contributed by atoms with Gasteiger partial charge in [0.1, 0.15) is 5.75 Å². The maximum absolute atomic E-state index is 5.74. The first kappa shape index (κ1) is 18.4. The van der Waals surface area contributed by atoms with Crippen LogP contribution in [0.1, 0.15) is 20.8 Å². The number of halogens is 2. The van der Waals surface area contributed by atoms with E-state index < -0.39 is 0 Å². The van der Waals surface area contributed by atoms with Crippen LogP contribution in [0.15, 0.2) is 24.3 Å². The largest absolute Gasteiger partial charge is 0.491 e. The minimum Gasteiger partial charge on any atom is -0.491 e. The summed E-state index contributed by atoms with van der Waals surface area (Å²) >= 11 is 0. The van der Waals surface area contributed by atoms with Crippen LogP contribution in [-0.4, -0.2) is 31.8 Å². The molecule has 0 bridgehead atoms. The van der Waals surface area contributed by atoms with E-state index in [1.807, 2.05) is 6.07 Å². The Morgan fingerprint density at radius 3 is 2.68 bits per heavy atom. The van der Waals surface area contributed by atoms with Crippen molar-refractivity contribution in [2.75, 3.05) is 24.5 Å². The van der Waals surface area contributed by atoms with Crippen molar-refractivity contribution >= 4 is 30.5 Å². The zero-order chi connectivity index (χ0) is 12.3. The van der Waals surface area contributed by atoms with Crippen LogP contribution in [0.25, 0.3) is 0 Å². The van der Waals surface area contributed by atoms with E-state index in [-0.39, 0.29) is 30.9 Å². The monoisotopic (exact) mass is 306 g/mol. The molecule has 1 aliphatic heterocycles. The second kappa shape index (κ2) is 8.51. The van der Waals surface area contributed by atoms with Gasteiger partial charge in [-0.05, 0) is 32.9 Å². The number of hydrogen-bond donors (Lipinski definition) is 1. The highest BCUT2D eigenvalue weighted by molar-refractivity contribution is 5.85. The fourth-order valence-electron chi connectivity index (χ4n) is 2.23. The second-order valence-corrected chi connectivity index (χ2v) is 4.91. The fraction of sp³-hybridized carbons (Fsp3) is 0.571. The van der Waals surface area contributed by atoms with Gasteiger partial charge in [-0.1, -0.05) is 6.07 Å². The van der Waals surface area contributed by atoms with Gasteiger partial charge in [0.05, 0.1) is 6.10 Å². The van der Waals surface area contributed by atoms with Crippen molar-refractivity contribution in [3.63, 3.8) is 0 Å². The molecule has 0 radical (unpaired) electrons. The van der Waals surface area contributed by atoms with Crippen LogP contribution >= 0.6 is 24.8 Å². The molecule has 0 aliphatic carbocycles. The molecule has 0 saturated carbocycles. The Labute approximate surface area is 128 Å². The Hall–Kier alpha value is -0.640. The lowest BCUT2D eigenvalue weighted by atomic mass is 10.1. The summed E-state index contributed by atoms with van der Waals surface area (Å²) in [5.41, 5.74) is 1.26. The number of ether oxygens (including phenoxy) is 1. The number of benzene rings is 1. The quantitative estimate of drug-likeness (QED) is 0.928. The van der Waals surface area contributed by atoms with Gasteiger partial charge in [-0.15, -0.1) is 24.8 Å². The molecule has 0 spiro atoms. The summed E-state index contributed by atoms with van der Waals surface area (Å²) in [6.07, 6.45) is 0.227. The molecular formula is C14H24Cl2N2O. The summed E-state index contributed by atoms with van der Waals surface area (Å²) in [4.78, 5) is 2.43. The molecule has 19 heavy (non-hydrogen) atoms. The molecule has 1 aromatic carbocycles. The van der Waals surface area contributed by atoms with E-state index in [9.17, 15) is 0 Å². The van der Waals surface area contributed by atoms with Crippen LogP contribution < -0.4 is 15.0 Å². The minimum atomic E-state index is 0. The summed E-state index contributed by atoms with van der Waals surface area (Å²) < 4.78 is 5.74. The lowest BCUT2D eigenvalue weighted by Crippen LogP contribution is -2.49. The summed E-state index contributed by atoms with van der Waals surface area (Å²) in [5, 5.41) is 3.41. The molecule has 1 N–H and O–H groups in total. The van der Waals surface area contributed by atoms with E-state index in [4.69, 9.17) is 4.74 Å². The number of anilines is 1. The Kier molecular flexibility index (Phi) is 8.23. The van der Waals surface area contributed by atoms with E-state index in [0.29, 0.717) is 6.04 Å². The highest BCUT2D eigenvalue weighted by atomic mass is 35.5. The molecule has 1 saturated heterocycles. The lowest BCUT2D eigenvalue weighted by molar-refractivity contribution is 0.242. The number of rotatable bonds is 3. The summed E-state index contributed by atoms with van der Waals surface area (Å²) in [5.74, 6) is 0.961. The van der Waals surface area contributed by atoms with Gasteiger partial charge in [0.25, 0.3) is 0 Å². The van der Waals surface area contributed by atoms with E-state index >= 15 is 0 Å². The van der Waals surface area contributed by atoms with Crippen molar-refractivity contribution in [3.05, 3.63) is 24.3 Å². The third-order valence-electron chi connectivity index (χ3n) is 3.02. The maximum atomic E-state index is 5.74. The van der Waals surface area contributed by atoms with Gasteiger partial charge in [-0.25, -0.2) is 0 Å². The van der Waals surface area contributed by atoms with Crippen molar-refractivity contribution in [3.8, 4) is 5.75 Å². The predicted octanol–water partition coefficient (Wildman–Crippen LogP) is 3.12. The minimum absolute atomic E-state index is 0. The normalized spacial score (nSPS) is 18.5. The third-order valence-corrected chi connectivity index (χ3v) is 3.02. The highest BCUT2D eigenvalue weighted by Crippen LogP contribution is 2.24. The molecule has 1 atom stereocenters. The maximum Gasteiger partial charge on any atom is 0.121 e. The number of piperazine rings is 1. The van der Waals surface area contributed by atoms with Crippen LogP contribution in [0.4, 0.5) is 5.69 Å². The SMILES string of the molecule is CC(C)Oc1cccc(N2CCNCC2C)c1.Cl.Cl. The van der Waals surface area contributed by atoms with E-state index in [2.05, 4.69) is 49.2 Å². The Bertz CT molecular complexity index is 374. The molecule has 110 valence electrons. The Balaban J connectivity index is 0.00000162. The molecule has 1 aromatic rings. The average Bonchev–Trinajstić information content (AvgIpc) is 2.29. The lowest BCUT2D eigenvalue weighted by Gasteiger charge is -2.36. The summed E-state index contributed by atoms with van der Waals surface area (Å²) in [7, 11) is 0. The first-order valence-electron chi connectivity index (χ1n) is 6.41. The Morgan fingerprint density at radius 1 is 1.32 bits per heavy atom. The van der Waals surface area contributed by atoms with Crippen LogP contribution in [0.2, 0.25) is 0 Å². The fourth-order valence-corrected chi connectivity index (χ4v) is 2.23. The first-order chi connectivity index (χ1) is 8.16. The van der Waals surface area contributed by atoms with E-state index in [0.717, 1.165) is 25.4 Å². The Morgan fingerprint density at radius 2 is 2.05 bits per heavy atom. The number of nitrogens with one attached hydrogen (secondary N) is 1. The molecular weight excluding hydrogens is 283 g/mol. The van der Waals surface area contributed by atoms with Gasteiger partial charge >= 0.3 is 0 Å². The van der Waals surface area contributed by atoms with Gasteiger partial charge in [-0.2, -0.15) is 0 Å². The number of hydrogen-bond acceptors (Lipinski definition) is 3. The zero-order valence-corrected chi connectivity index (χ0v) is 13.4. The molecule has 1 unspecified atom stereocenters. The van der Waals surface area contributed by atoms with Crippen LogP contribution in [-0.2, 0) is 0 Å². The van der Waals surface area contributed by atoms with Crippen molar-refractivity contribution < 1.29 is 4.74 Å². The number of nitrogens with zero attached hydrogens (tertiary/aromatic N) is 1. The molecule has 1 heterocycles.